The second-order valence-corrected chi connectivity index (χ2v) is 7.86. The number of carbonyl (C=O) groups is 3. The van der Waals surface area contributed by atoms with Gasteiger partial charge < -0.3 is 4.74 Å². The highest BCUT2D eigenvalue weighted by Gasteiger charge is 2.38. The summed E-state index contributed by atoms with van der Waals surface area (Å²) in [6, 6.07) is 0. The van der Waals surface area contributed by atoms with Gasteiger partial charge in [-0.3, -0.25) is 14.5 Å². The number of nitrogens with zero attached hydrogens (tertiary/aromatic N) is 1. The Morgan fingerprint density at radius 3 is 1.96 bits per heavy atom. The van der Waals surface area contributed by atoms with E-state index >= 15 is 0 Å². The van der Waals surface area contributed by atoms with Gasteiger partial charge in [-0.05, 0) is 25.7 Å². The Hall–Kier alpha value is -1.65. The summed E-state index contributed by atoms with van der Waals surface area (Å²) in [5.74, 6) is -1.39. The maximum absolute atomic E-state index is 12.8. The molecule has 23 heavy (non-hydrogen) atoms. The van der Waals surface area contributed by atoms with E-state index in [0.29, 0.717) is 6.42 Å². The largest absolute Gasteiger partial charge is 0.449 e. The van der Waals surface area contributed by atoms with Gasteiger partial charge in [0.25, 0.3) is 5.91 Å². The van der Waals surface area contributed by atoms with Crippen LogP contribution in [-0.4, -0.2) is 35.3 Å². The summed E-state index contributed by atoms with van der Waals surface area (Å²) in [6.45, 7) is 18.1. The standard InChI is InChI=1S/C18H31NO4/c1-10-18(8,9)16(22)19(11-17(5,6)7)14(20)13(4)23-15(21)12(2)3/h13H,2,10-11H2,1,3-9H3. The minimum absolute atomic E-state index is 0.215. The molecule has 0 aliphatic carbocycles. The second-order valence-electron chi connectivity index (χ2n) is 7.86. The highest BCUT2D eigenvalue weighted by Crippen LogP contribution is 2.26. The van der Waals surface area contributed by atoms with Gasteiger partial charge in [-0.25, -0.2) is 4.79 Å². The first-order valence-corrected chi connectivity index (χ1v) is 7.95. The van der Waals surface area contributed by atoms with E-state index in [2.05, 4.69) is 6.58 Å². The molecule has 0 bridgehead atoms. The van der Waals surface area contributed by atoms with E-state index in [4.69, 9.17) is 4.74 Å². The molecule has 5 nitrogen and oxygen atoms in total. The molecule has 1 unspecified atom stereocenters. The molecular formula is C18H31NO4. The van der Waals surface area contributed by atoms with E-state index in [1.807, 2.05) is 41.5 Å². The zero-order valence-corrected chi connectivity index (χ0v) is 15.8. The van der Waals surface area contributed by atoms with Gasteiger partial charge in [-0.1, -0.05) is 48.1 Å². The van der Waals surface area contributed by atoms with E-state index in [0.717, 1.165) is 0 Å². The lowest BCUT2D eigenvalue weighted by Gasteiger charge is -2.35. The molecule has 0 aromatic carbocycles. The van der Waals surface area contributed by atoms with Gasteiger partial charge in [0.1, 0.15) is 0 Å². The fourth-order valence-corrected chi connectivity index (χ4v) is 1.77. The lowest BCUT2D eigenvalue weighted by atomic mass is 9.87. The molecule has 0 rings (SSSR count). The van der Waals surface area contributed by atoms with E-state index in [-0.39, 0.29) is 23.4 Å². The Kier molecular flexibility index (Phi) is 7.20. The van der Waals surface area contributed by atoms with Crippen molar-refractivity contribution < 1.29 is 19.1 Å². The van der Waals surface area contributed by atoms with Crippen molar-refractivity contribution in [1.82, 2.24) is 4.90 Å². The average molecular weight is 325 g/mol. The van der Waals surface area contributed by atoms with E-state index in [1.165, 1.54) is 18.7 Å². The molecule has 0 heterocycles. The first-order chi connectivity index (χ1) is 10.2. The summed E-state index contributed by atoms with van der Waals surface area (Å²) in [6.07, 6.45) is -0.419. The Balaban J connectivity index is 5.43. The number of hydrogen-bond acceptors (Lipinski definition) is 4. The fraction of sp³-hybridized carbons (Fsp3) is 0.722. The molecular weight excluding hydrogens is 294 g/mol. The minimum atomic E-state index is -1.03. The van der Waals surface area contributed by atoms with Crippen LogP contribution in [0.5, 0.6) is 0 Å². The van der Waals surface area contributed by atoms with Crippen LogP contribution in [0.25, 0.3) is 0 Å². The van der Waals surface area contributed by atoms with Crippen molar-refractivity contribution in [1.29, 1.82) is 0 Å². The van der Waals surface area contributed by atoms with Crippen LogP contribution in [0.2, 0.25) is 0 Å². The van der Waals surface area contributed by atoms with Gasteiger partial charge in [-0.15, -0.1) is 0 Å². The number of imide groups is 1. The minimum Gasteiger partial charge on any atom is -0.449 e. The van der Waals surface area contributed by atoms with Gasteiger partial charge in [0.05, 0.1) is 0 Å². The molecule has 5 heteroatoms. The molecule has 0 radical (unpaired) electrons. The van der Waals surface area contributed by atoms with Crippen LogP contribution in [0, 0.1) is 10.8 Å². The summed E-state index contributed by atoms with van der Waals surface area (Å²) in [4.78, 5) is 38.3. The topological polar surface area (TPSA) is 63.7 Å². The van der Waals surface area contributed by atoms with E-state index in [1.54, 1.807) is 0 Å². The third kappa shape index (κ3) is 6.55. The van der Waals surface area contributed by atoms with Crippen molar-refractivity contribution in [3.63, 3.8) is 0 Å². The SMILES string of the molecule is C=C(C)C(=O)OC(C)C(=O)N(CC(C)(C)C)C(=O)C(C)(C)CC. The lowest BCUT2D eigenvalue weighted by Crippen LogP contribution is -2.51. The van der Waals surface area contributed by atoms with Crippen molar-refractivity contribution in [2.75, 3.05) is 6.54 Å². The van der Waals surface area contributed by atoms with Gasteiger partial charge in [-0.2, -0.15) is 0 Å². The Morgan fingerprint density at radius 2 is 1.61 bits per heavy atom. The molecule has 0 spiro atoms. The molecule has 0 aromatic heterocycles. The van der Waals surface area contributed by atoms with Crippen LogP contribution >= 0.6 is 0 Å². The predicted octanol–water partition coefficient (Wildman–Crippen LogP) is 3.33. The number of carbonyl (C=O) groups excluding carboxylic acids is 3. The molecule has 0 saturated heterocycles. The van der Waals surface area contributed by atoms with Crippen molar-refractivity contribution in [2.24, 2.45) is 10.8 Å². The summed E-state index contributed by atoms with van der Waals surface area (Å²) in [7, 11) is 0. The summed E-state index contributed by atoms with van der Waals surface area (Å²) >= 11 is 0. The maximum Gasteiger partial charge on any atom is 0.333 e. The number of rotatable bonds is 6. The molecule has 2 amide bonds. The molecule has 132 valence electrons. The predicted molar refractivity (Wildman–Crippen MR) is 90.6 cm³/mol. The number of ether oxygens (including phenoxy) is 1. The molecule has 1 atom stereocenters. The van der Waals surface area contributed by atoms with Crippen LogP contribution in [-0.2, 0) is 19.1 Å². The Morgan fingerprint density at radius 1 is 1.13 bits per heavy atom. The first-order valence-electron chi connectivity index (χ1n) is 7.95. The van der Waals surface area contributed by atoms with E-state index < -0.39 is 23.4 Å². The molecule has 0 saturated carbocycles. The van der Waals surface area contributed by atoms with Gasteiger partial charge in [0.2, 0.25) is 5.91 Å². The number of hydrogen-bond donors (Lipinski definition) is 0. The van der Waals surface area contributed by atoms with E-state index in [9.17, 15) is 14.4 Å². The molecule has 0 fully saturated rings. The number of esters is 1. The Labute approximate surface area is 140 Å². The summed E-state index contributed by atoms with van der Waals surface area (Å²) in [5, 5.41) is 0. The van der Waals surface area contributed by atoms with Gasteiger partial charge >= 0.3 is 5.97 Å². The zero-order chi connectivity index (χ0) is 18.6. The zero-order valence-electron chi connectivity index (χ0n) is 15.8. The third-order valence-corrected chi connectivity index (χ3v) is 3.59. The van der Waals surface area contributed by atoms with Crippen molar-refractivity contribution in [3.8, 4) is 0 Å². The van der Waals surface area contributed by atoms with Crippen LogP contribution in [0.15, 0.2) is 12.2 Å². The number of amides is 2. The molecule has 0 N–H and O–H groups in total. The normalized spacial score (nSPS) is 13.2. The highest BCUT2D eigenvalue weighted by molar-refractivity contribution is 6.00. The van der Waals surface area contributed by atoms with Gasteiger partial charge in [0.15, 0.2) is 6.10 Å². The first kappa shape index (κ1) is 21.4. The maximum atomic E-state index is 12.8. The second kappa shape index (κ2) is 7.75. The van der Waals surface area contributed by atoms with Crippen LogP contribution < -0.4 is 0 Å². The summed E-state index contributed by atoms with van der Waals surface area (Å²) < 4.78 is 5.08. The average Bonchev–Trinajstić information content (AvgIpc) is 2.41. The van der Waals surface area contributed by atoms with Crippen molar-refractivity contribution >= 4 is 17.8 Å². The van der Waals surface area contributed by atoms with Gasteiger partial charge in [0, 0.05) is 17.5 Å². The quantitative estimate of drug-likeness (QED) is 0.555. The molecule has 0 aromatic rings. The fourth-order valence-electron chi connectivity index (χ4n) is 1.77. The highest BCUT2D eigenvalue weighted by atomic mass is 16.5. The molecule has 0 aliphatic rings. The summed E-state index contributed by atoms with van der Waals surface area (Å²) in [5.41, 5.74) is -0.695. The lowest BCUT2D eigenvalue weighted by molar-refractivity contribution is -0.164. The Bertz CT molecular complexity index is 486. The monoisotopic (exact) mass is 325 g/mol. The third-order valence-electron chi connectivity index (χ3n) is 3.59. The van der Waals surface area contributed by atoms with Crippen molar-refractivity contribution in [3.05, 3.63) is 12.2 Å². The van der Waals surface area contributed by atoms with Crippen LogP contribution in [0.4, 0.5) is 0 Å². The smallest absolute Gasteiger partial charge is 0.333 e. The van der Waals surface area contributed by atoms with Crippen LogP contribution in [0.3, 0.4) is 0 Å². The van der Waals surface area contributed by atoms with Crippen LogP contribution in [0.1, 0.15) is 61.8 Å². The molecule has 0 aliphatic heterocycles. The van der Waals surface area contributed by atoms with Crippen molar-refractivity contribution in [2.45, 2.75) is 67.9 Å².